The first-order chi connectivity index (χ1) is 24.2. The summed E-state index contributed by atoms with van der Waals surface area (Å²) in [6.45, 7) is 13.1. The quantitative estimate of drug-likeness (QED) is 0.0787. The van der Waals surface area contributed by atoms with Crippen LogP contribution in [0.3, 0.4) is 0 Å². The fourth-order valence-electron chi connectivity index (χ4n) is 5.86. The van der Waals surface area contributed by atoms with E-state index in [0.717, 1.165) is 45.1 Å². The van der Waals surface area contributed by atoms with Crippen LogP contribution in [0.25, 0.3) is 12.2 Å². The number of hydrogen-bond acceptors (Lipinski definition) is 3. The van der Waals surface area contributed by atoms with Crippen LogP contribution in [0.4, 0.5) is 28.4 Å². The molecule has 0 aliphatic heterocycles. The maximum absolute atomic E-state index is 4.89. The van der Waals surface area contributed by atoms with Gasteiger partial charge in [0.1, 0.15) is 0 Å². The molecule has 0 heterocycles. The van der Waals surface area contributed by atoms with Crippen molar-refractivity contribution in [3.63, 3.8) is 0 Å². The Morgan fingerprint density at radius 1 is 0.400 bits per heavy atom. The molecule has 0 bridgehead atoms. The first-order valence-corrected chi connectivity index (χ1v) is 17.6. The molecular formula is C47H47N3. The number of hydrogen-bond donors (Lipinski definition) is 0. The fourth-order valence-corrected chi connectivity index (χ4v) is 5.86. The predicted octanol–water partition coefficient (Wildman–Crippen LogP) is 13.4. The first kappa shape index (κ1) is 34.2. The Morgan fingerprint density at radius 2 is 0.720 bits per heavy atom. The van der Waals surface area contributed by atoms with Crippen LogP contribution in [0.1, 0.15) is 78.5 Å². The summed E-state index contributed by atoms with van der Waals surface area (Å²) in [5, 5.41) is 6.88. The number of nitrogens with zero attached hydrogens (tertiary/aromatic N) is 3. The molecule has 0 N–H and O–H groups in total. The van der Waals surface area contributed by atoms with E-state index in [-0.39, 0.29) is 0 Å². The molecule has 6 rings (SSSR count). The number of anilines is 5. The number of benzene rings is 6. The summed E-state index contributed by atoms with van der Waals surface area (Å²) < 4.78 is 0. The smallest absolute Gasteiger partial charge is 0.0652 e. The predicted molar refractivity (Wildman–Crippen MR) is 217 cm³/mol. The molecule has 0 unspecified atom stereocenters. The molecule has 0 aromatic heterocycles. The summed E-state index contributed by atoms with van der Waals surface area (Å²) in [6.07, 6.45) is 6.25. The van der Waals surface area contributed by atoms with Crippen molar-refractivity contribution >= 4 is 46.8 Å². The van der Waals surface area contributed by atoms with Crippen LogP contribution in [0.15, 0.2) is 151 Å². The molecule has 0 aliphatic carbocycles. The van der Waals surface area contributed by atoms with Gasteiger partial charge in [0.15, 0.2) is 0 Å². The summed E-state index contributed by atoms with van der Waals surface area (Å²) in [5.74, 6) is 0.994. The van der Waals surface area contributed by atoms with Crippen molar-refractivity contribution in [3.05, 3.63) is 185 Å². The van der Waals surface area contributed by atoms with E-state index < -0.39 is 0 Å². The zero-order valence-corrected chi connectivity index (χ0v) is 30.1. The van der Waals surface area contributed by atoms with E-state index in [1.807, 2.05) is 11.2 Å². The zero-order chi connectivity index (χ0) is 35.0. The van der Waals surface area contributed by atoms with E-state index in [0.29, 0.717) is 11.8 Å². The average Bonchev–Trinajstić information content (AvgIpc) is 3.14. The highest BCUT2D eigenvalue weighted by Gasteiger charge is 2.14. The Labute approximate surface area is 298 Å². The molecule has 0 amide bonds. The van der Waals surface area contributed by atoms with Gasteiger partial charge in [0.2, 0.25) is 0 Å². The van der Waals surface area contributed by atoms with Gasteiger partial charge in [-0.25, -0.2) is 5.01 Å². The third kappa shape index (κ3) is 8.48. The molecule has 0 aliphatic rings. The van der Waals surface area contributed by atoms with Crippen LogP contribution >= 0.6 is 0 Å². The van der Waals surface area contributed by atoms with Gasteiger partial charge in [0.05, 0.1) is 17.6 Å². The summed E-state index contributed by atoms with van der Waals surface area (Å²) >= 11 is 0. The number of aryl methyl sites for hydroxylation is 2. The van der Waals surface area contributed by atoms with Gasteiger partial charge >= 0.3 is 0 Å². The highest BCUT2D eigenvalue weighted by molar-refractivity contribution is 5.83. The molecule has 0 saturated carbocycles. The van der Waals surface area contributed by atoms with Crippen LogP contribution in [0.2, 0.25) is 0 Å². The SMILES string of the molecule is Cc1ccc(N(N=Cc2ccc(C=Cc3ccc(N(c4ccc(C(C)C)cc4)c4ccc(C(C)C)cc4)cc3)cc2)c2ccc(C)cc2)cc1. The Balaban J connectivity index is 1.18. The molecule has 250 valence electrons. The van der Waals surface area contributed by atoms with E-state index in [1.165, 1.54) is 22.3 Å². The second kappa shape index (κ2) is 15.7. The third-order valence-electron chi connectivity index (χ3n) is 9.07. The van der Waals surface area contributed by atoms with Gasteiger partial charge in [-0.15, -0.1) is 0 Å². The van der Waals surface area contributed by atoms with Gasteiger partial charge in [-0.1, -0.05) is 136 Å². The van der Waals surface area contributed by atoms with Crippen molar-refractivity contribution in [2.24, 2.45) is 5.10 Å². The standard InChI is InChI=1S/C47H47N3/c1-34(2)41-19-29-44(30-20-41)49(45-31-21-42(22-32-45)35(3)4)43-27-17-39(18-28-43)12-11-38-13-15-40(16-14-38)33-48-50(46-23-7-36(5)8-24-46)47-25-9-37(6)10-26-47/h7-35H,1-6H3. The molecule has 0 saturated heterocycles. The zero-order valence-electron chi connectivity index (χ0n) is 30.1. The van der Waals surface area contributed by atoms with Crippen molar-refractivity contribution < 1.29 is 0 Å². The molecule has 3 nitrogen and oxygen atoms in total. The van der Waals surface area contributed by atoms with Crippen LogP contribution < -0.4 is 9.91 Å². The lowest BCUT2D eigenvalue weighted by molar-refractivity contribution is 0.866. The minimum atomic E-state index is 0.497. The highest BCUT2D eigenvalue weighted by Crippen LogP contribution is 2.36. The summed E-state index contributed by atoms with van der Waals surface area (Å²) in [5.41, 5.74) is 13.9. The molecule has 3 heteroatoms. The van der Waals surface area contributed by atoms with Gasteiger partial charge in [0, 0.05) is 17.1 Å². The van der Waals surface area contributed by atoms with Crippen molar-refractivity contribution in [1.29, 1.82) is 0 Å². The van der Waals surface area contributed by atoms with E-state index in [9.17, 15) is 0 Å². The van der Waals surface area contributed by atoms with Crippen LogP contribution in [0.5, 0.6) is 0 Å². The number of hydrazone groups is 1. The normalized spacial score (nSPS) is 11.6. The molecule has 0 fully saturated rings. The second-order valence-electron chi connectivity index (χ2n) is 13.6. The third-order valence-corrected chi connectivity index (χ3v) is 9.07. The Kier molecular flexibility index (Phi) is 10.7. The van der Waals surface area contributed by atoms with Crippen LogP contribution in [-0.4, -0.2) is 6.21 Å². The molecule has 0 radical (unpaired) electrons. The summed E-state index contributed by atoms with van der Waals surface area (Å²) in [4.78, 5) is 2.33. The topological polar surface area (TPSA) is 18.8 Å². The minimum absolute atomic E-state index is 0.497. The van der Waals surface area contributed by atoms with Gasteiger partial charge in [-0.3, -0.25) is 0 Å². The van der Waals surface area contributed by atoms with Crippen molar-refractivity contribution in [3.8, 4) is 0 Å². The monoisotopic (exact) mass is 653 g/mol. The molecule has 0 atom stereocenters. The Hall–Kier alpha value is -5.67. The van der Waals surface area contributed by atoms with Crippen molar-refractivity contribution in [2.75, 3.05) is 9.91 Å². The lowest BCUT2D eigenvalue weighted by atomic mass is 10.0. The molecular weight excluding hydrogens is 607 g/mol. The minimum Gasteiger partial charge on any atom is -0.311 e. The van der Waals surface area contributed by atoms with E-state index >= 15 is 0 Å². The van der Waals surface area contributed by atoms with Crippen molar-refractivity contribution in [1.82, 2.24) is 0 Å². The fraction of sp³-hybridized carbons (Fsp3) is 0.170. The molecule has 6 aromatic rings. The van der Waals surface area contributed by atoms with Crippen LogP contribution in [-0.2, 0) is 0 Å². The largest absolute Gasteiger partial charge is 0.311 e. The van der Waals surface area contributed by atoms with E-state index in [2.05, 4.69) is 204 Å². The average molecular weight is 654 g/mol. The van der Waals surface area contributed by atoms with E-state index in [4.69, 9.17) is 5.10 Å². The lowest BCUT2D eigenvalue weighted by Gasteiger charge is -2.26. The second-order valence-corrected chi connectivity index (χ2v) is 13.6. The maximum atomic E-state index is 4.89. The first-order valence-electron chi connectivity index (χ1n) is 17.6. The molecule has 50 heavy (non-hydrogen) atoms. The van der Waals surface area contributed by atoms with Gasteiger partial charge in [-0.05, 0) is 114 Å². The number of rotatable bonds is 11. The molecule has 0 spiro atoms. The van der Waals surface area contributed by atoms with Gasteiger partial charge in [0.25, 0.3) is 0 Å². The van der Waals surface area contributed by atoms with Gasteiger partial charge < -0.3 is 4.90 Å². The molecule has 6 aromatic carbocycles. The van der Waals surface area contributed by atoms with Crippen LogP contribution in [0, 0.1) is 13.8 Å². The van der Waals surface area contributed by atoms with Gasteiger partial charge in [-0.2, -0.15) is 5.10 Å². The maximum Gasteiger partial charge on any atom is 0.0652 e. The summed E-state index contributed by atoms with van der Waals surface area (Å²) in [7, 11) is 0. The Bertz CT molecular complexity index is 1920. The Morgan fingerprint density at radius 3 is 1.10 bits per heavy atom. The van der Waals surface area contributed by atoms with E-state index in [1.54, 1.807) is 0 Å². The highest BCUT2D eigenvalue weighted by atomic mass is 15.5. The summed E-state index contributed by atoms with van der Waals surface area (Å²) in [6, 6.07) is 52.1. The van der Waals surface area contributed by atoms with Crippen molar-refractivity contribution in [2.45, 2.75) is 53.4 Å². The lowest BCUT2D eigenvalue weighted by Crippen LogP contribution is -2.10.